The lowest BCUT2D eigenvalue weighted by Crippen LogP contribution is -2.09. The summed E-state index contributed by atoms with van der Waals surface area (Å²) in [5.74, 6) is 0.930. The van der Waals surface area contributed by atoms with E-state index in [0.717, 1.165) is 31.6 Å². The van der Waals surface area contributed by atoms with Gasteiger partial charge in [-0.1, -0.05) is 47.5 Å². The van der Waals surface area contributed by atoms with Gasteiger partial charge in [0.15, 0.2) is 0 Å². The molecule has 0 amide bonds. The molecule has 112 valence electrons. The average Bonchev–Trinajstić information content (AvgIpc) is 2.49. The molecular weight excluding hydrogens is 258 g/mol. The Bertz CT molecular complexity index is 530. The fraction of sp³-hybridized carbons (Fsp3) is 0.368. The topological polar surface area (TPSA) is 35.2 Å². The molecule has 2 aromatic rings. The van der Waals surface area contributed by atoms with E-state index in [9.17, 15) is 0 Å². The first-order valence-electron chi connectivity index (χ1n) is 7.69. The molecule has 0 bridgehead atoms. The summed E-state index contributed by atoms with van der Waals surface area (Å²) < 4.78 is 6.20. The van der Waals surface area contributed by atoms with Crippen molar-refractivity contribution in [3.63, 3.8) is 0 Å². The van der Waals surface area contributed by atoms with E-state index in [1.54, 1.807) is 0 Å². The molecule has 2 rings (SSSR count). The zero-order chi connectivity index (χ0) is 15.1. The number of benzene rings is 2. The van der Waals surface area contributed by atoms with Crippen molar-refractivity contribution >= 4 is 0 Å². The summed E-state index contributed by atoms with van der Waals surface area (Å²) >= 11 is 0. The van der Waals surface area contributed by atoms with Gasteiger partial charge in [-0.05, 0) is 57.4 Å². The zero-order valence-electron chi connectivity index (χ0n) is 13.0. The largest absolute Gasteiger partial charge is 0.486 e. The second-order valence-electron chi connectivity index (χ2n) is 5.61. The second kappa shape index (κ2) is 7.84. The predicted molar refractivity (Wildman–Crippen MR) is 88.6 cm³/mol. The third-order valence-electron chi connectivity index (χ3n) is 3.67. The molecule has 2 N–H and O–H groups in total. The van der Waals surface area contributed by atoms with Crippen molar-refractivity contribution in [3.05, 3.63) is 65.2 Å². The Morgan fingerprint density at radius 2 is 1.43 bits per heavy atom. The minimum Gasteiger partial charge on any atom is -0.486 e. The number of rotatable bonds is 7. The van der Waals surface area contributed by atoms with Gasteiger partial charge >= 0.3 is 0 Å². The second-order valence-corrected chi connectivity index (χ2v) is 5.61. The molecule has 1 atom stereocenters. The van der Waals surface area contributed by atoms with E-state index in [1.165, 1.54) is 16.7 Å². The molecule has 2 nitrogen and oxygen atoms in total. The van der Waals surface area contributed by atoms with Gasteiger partial charge in [0.05, 0.1) is 0 Å². The fourth-order valence-corrected chi connectivity index (χ4v) is 2.33. The summed E-state index contributed by atoms with van der Waals surface area (Å²) in [6, 6.07) is 16.9. The maximum absolute atomic E-state index is 6.20. The lowest BCUT2D eigenvalue weighted by Gasteiger charge is -2.20. The number of hydrogen-bond donors (Lipinski definition) is 1. The Morgan fingerprint density at radius 3 is 2.00 bits per heavy atom. The van der Waals surface area contributed by atoms with Crippen LogP contribution in [0.5, 0.6) is 5.75 Å². The van der Waals surface area contributed by atoms with Crippen LogP contribution in [0.25, 0.3) is 0 Å². The molecule has 0 heterocycles. The molecule has 0 radical (unpaired) electrons. The van der Waals surface area contributed by atoms with Gasteiger partial charge in [0.2, 0.25) is 0 Å². The Morgan fingerprint density at radius 1 is 0.857 bits per heavy atom. The van der Waals surface area contributed by atoms with Crippen LogP contribution < -0.4 is 10.5 Å². The molecule has 0 aliphatic rings. The van der Waals surface area contributed by atoms with Gasteiger partial charge in [-0.25, -0.2) is 0 Å². The van der Waals surface area contributed by atoms with E-state index >= 15 is 0 Å². The van der Waals surface area contributed by atoms with Gasteiger partial charge in [0, 0.05) is 0 Å². The van der Waals surface area contributed by atoms with E-state index < -0.39 is 0 Å². The lowest BCUT2D eigenvalue weighted by molar-refractivity contribution is 0.191. The van der Waals surface area contributed by atoms with Crippen LogP contribution in [0.1, 0.15) is 42.1 Å². The van der Waals surface area contributed by atoms with Crippen LogP contribution in [0.2, 0.25) is 0 Å². The van der Waals surface area contributed by atoms with Gasteiger partial charge in [-0.3, -0.25) is 0 Å². The van der Waals surface area contributed by atoms with Crippen LogP contribution in [0.3, 0.4) is 0 Å². The summed E-state index contributed by atoms with van der Waals surface area (Å²) in [5, 5.41) is 0. The Balaban J connectivity index is 2.11. The summed E-state index contributed by atoms with van der Waals surface area (Å²) in [4.78, 5) is 0. The maximum atomic E-state index is 6.20. The molecule has 2 aromatic carbocycles. The molecule has 0 fully saturated rings. The fourth-order valence-electron chi connectivity index (χ4n) is 2.33. The van der Waals surface area contributed by atoms with Crippen molar-refractivity contribution < 1.29 is 4.74 Å². The standard InChI is InChI=1S/C19H25NO/c1-15-6-10-17(11-7-15)19(5-3-4-14-20)21-18-12-8-16(2)9-13-18/h6-13,19H,3-5,14,20H2,1-2H3. The third-order valence-corrected chi connectivity index (χ3v) is 3.67. The van der Waals surface area contributed by atoms with E-state index in [0.29, 0.717) is 0 Å². The van der Waals surface area contributed by atoms with Gasteiger partial charge < -0.3 is 10.5 Å². The average molecular weight is 283 g/mol. The van der Waals surface area contributed by atoms with Crippen LogP contribution in [0.15, 0.2) is 48.5 Å². The van der Waals surface area contributed by atoms with Crippen LogP contribution in [0.4, 0.5) is 0 Å². The quantitative estimate of drug-likeness (QED) is 0.756. The maximum Gasteiger partial charge on any atom is 0.124 e. The Labute approximate surface area is 127 Å². The Kier molecular flexibility index (Phi) is 5.82. The first-order valence-corrected chi connectivity index (χ1v) is 7.69. The third kappa shape index (κ3) is 4.91. The normalized spacial score (nSPS) is 12.1. The minimum absolute atomic E-state index is 0.0971. The highest BCUT2D eigenvalue weighted by molar-refractivity contribution is 5.29. The van der Waals surface area contributed by atoms with Crippen LogP contribution in [-0.4, -0.2) is 6.54 Å². The Hall–Kier alpha value is -1.80. The number of ether oxygens (including phenoxy) is 1. The highest BCUT2D eigenvalue weighted by atomic mass is 16.5. The van der Waals surface area contributed by atoms with Gasteiger partial charge in [-0.2, -0.15) is 0 Å². The zero-order valence-corrected chi connectivity index (χ0v) is 13.0. The lowest BCUT2D eigenvalue weighted by atomic mass is 10.0. The van der Waals surface area contributed by atoms with Crippen molar-refractivity contribution in [3.8, 4) is 5.75 Å². The summed E-state index contributed by atoms with van der Waals surface area (Å²) in [7, 11) is 0. The van der Waals surface area contributed by atoms with Crippen molar-refractivity contribution in [2.24, 2.45) is 5.73 Å². The van der Waals surface area contributed by atoms with Crippen LogP contribution in [-0.2, 0) is 0 Å². The number of unbranched alkanes of at least 4 members (excludes halogenated alkanes) is 1. The monoisotopic (exact) mass is 283 g/mol. The molecule has 0 saturated heterocycles. The van der Waals surface area contributed by atoms with Crippen molar-refractivity contribution in [2.45, 2.75) is 39.2 Å². The van der Waals surface area contributed by atoms with Crippen molar-refractivity contribution in [1.82, 2.24) is 0 Å². The van der Waals surface area contributed by atoms with Gasteiger partial charge in [0.25, 0.3) is 0 Å². The molecule has 0 aliphatic carbocycles. The molecule has 0 spiro atoms. The SMILES string of the molecule is Cc1ccc(OC(CCCCN)c2ccc(C)cc2)cc1. The molecule has 2 heteroatoms. The number of nitrogens with two attached hydrogens (primary N) is 1. The predicted octanol–water partition coefficient (Wildman–Crippen LogP) is 4.55. The first-order chi connectivity index (χ1) is 10.2. The van der Waals surface area contributed by atoms with E-state index in [1.807, 2.05) is 12.1 Å². The van der Waals surface area contributed by atoms with Crippen LogP contribution in [0, 0.1) is 13.8 Å². The van der Waals surface area contributed by atoms with Gasteiger partial charge in [-0.15, -0.1) is 0 Å². The van der Waals surface area contributed by atoms with Crippen molar-refractivity contribution in [2.75, 3.05) is 6.54 Å². The summed E-state index contributed by atoms with van der Waals surface area (Å²) in [6.07, 6.45) is 3.22. The highest BCUT2D eigenvalue weighted by Gasteiger charge is 2.13. The summed E-state index contributed by atoms with van der Waals surface area (Å²) in [6.45, 7) is 4.93. The molecule has 1 unspecified atom stereocenters. The molecule has 0 aliphatic heterocycles. The van der Waals surface area contributed by atoms with Gasteiger partial charge in [0.1, 0.15) is 11.9 Å². The highest BCUT2D eigenvalue weighted by Crippen LogP contribution is 2.27. The molecule has 0 saturated carbocycles. The minimum atomic E-state index is 0.0971. The smallest absolute Gasteiger partial charge is 0.124 e. The summed E-state index contributed by atoms with van der Waals surface area (Å²) in [5.41, 5.74) is 9.36. The molecular formula is C19H25NO. The molecule has 0 aromatic heterocycles. The van der Waals surface area contributed by atoms with E-state index in [-0.39, 0.29) is 6.10 Å². The van der Waals surface area contributed by atoms with E-state index in [2.05, 4.69) is 50.2 Å². The number of aryl methyl sites for hydroxylation is 2. The van der Waals surface area contributed by atoms with Crippen LogP contribution >= 0.6 is 0 Å². The van der Waals surface area contributed by atoms with Crippen molar-refractivity contribution in [1.29, 1.82) is 0 Å². The first kappa shape index (κ1) is 15.6. The molecule has 21 heavy (non-hydrogen) atoms. The van der Waals surface area contributed by atoms with E-state index in [4.69, 9.17) is 10.5 Å². The number of hydrogen-bond acceptors (Lipinski definition) is 2.